The van der Waals surface area contributed by atoms with Crippen molar-refractivity contribution in [2.45, 2.75) is 12.8 Å². The third-order valence-electron chi connectivity index (χ3n) is 1.95. The van der Waals surface area contributed by atoms with Gasteiger partial charge in [-0.2, -0.15) is 0 Å². The maximum absolute atomic E-state index is 10.2. The molecule has 1 heterocycles. The topological polar surface area (TPSA) is 43.1 Å². The summed E-state index contributed by atoms with van der Waals surface area (Å²) in [7, 11) is 0. The van der Waals surface area contributed by atoms with Crippen molar-refractivity contribution in [1.82, 2.24) is 4.98 Å². The Morgan fingerprint density at radius 2 is 2.38 bits per heavy atom. The predicted molar refractivity (Wildman–Crippen MR) is 48.4 cm³/mol. The van der Waals surface area contributed by atoms with Gasteiger partial charge in [0, 0.05) is 6.42 Å². The molecule has 1 aromatic carbocycles. The second kappa shape index (κ2) is 3.39. The molecule has 0 aliphatic carbocycles. The van der Waals surface area contributed by atoms with Gasteiger partial charge in [-0.05, 0) is 24.1 Å². The largest absolute Gasteiger partial charge is 0.443 e. The number of carbonyl (C=O) groups excluding carboxylic acids is 1. The molecule has 0 aliphatic heterocycles. The van der Waals surface area contributed by atoms with Crippen LogP contribution < -0.4 is 0 Å². The van der Waals surface area contributed by atoms with Crippen molar-refractivity contribution >= 4 is 17.4 Å². The van der Waals surface area contributed by atoms with E-state index in [-0.39, 0.29) is 0 Å². The summed E-state index contributed by atoms with van der Waals surface area (Å²) < 4.78 is 5.14. The molecular formula is C10H9NO2. The van der Waals surface area contributed by atoms with Crippen LogP contribution in [0, 0.1) is 0 Å². The highest BCUT2D eigenvalue weighted by atomic mass is 16.3. The third-order valence-corrected chi connectivity index (χ3v) is 1.95. The maximum Gasteiger partial charge on any atom is 0.181 e. The maximum atomic E-state index is 10.2. The summed E-state index contributed by atoms with van der Waals surface area (Å²) in [5, 5.41) is 0. The molecule has 0 saturated carbocycles. The van der Waals surface area contributed by atoms with Gasteiger partial charge in [0.25, 0.3) is 0 Å². The summed E-state index contributed by atoms with van der Waals surface area (Å²) in [5.41, 5.74) is 2.75. The van der Waals surface area contributed by atoms with E-state index in [1.807, 2.05) is 18.2 Å². The minimum absolute atomic E-state index is 0.555. The molecule has 13 heavy (non-hydrogen) atoms. The van der Waals surface area contributed by atoms with Crippen LogP contribution in [0.15, 0.2) is 29.0 Å². The van der Waals surface area contributed by atoms with Crippen LogP contribution in [0.5, 0.6) is 0 Å². The van der Waals surface area contributed by atoms with Crippen LogP contribution in [0.25, 0.3) is 11.1 Å². The average molecular weight is 175 g/mol. The molecule has 0 radical (unpaired) electrons. The lowest BCUT2D eigenvalue weighted by molar-refractivity contribution is -0.107. The van der Waals surface area contributed by atoms with Crippen molar-refractivity contribution in [1.29, 1.82) is 0 Å². The van der Waals surface area contributed by atoms with E-state index >= 15 is 0 Å². The molecule has 1 aromatic heterocycles. The van der Waals surface area contributed by atoms with Crippen molar-refractivity contribution in [3.8, 4) is 0 Å². The monoisotopic (exact) mass is 175 g/mol. The van der Waals surface area contributed by atoms with E-state index < -0.39 is 0 Å². The average Bonchev–Trinajstić information content (AvgIpc) is 2.61. The number of aromatic nitrogens is 1. The number of nitrogens with zero attached hydrogens (tertiary/aromatic N) is 1. The zero-order valence-corrected chi connectivity index (χ0v) is 7.06. The standard InChI is InChI=1S/C10H9NO2/c12-5-1-2-8-3-4-9-10(6-8)13-7-11-9/h3-7H,1-2H2. The normalized spacial score (nSPS) is 10.5. The highest BCUT2D eigenvalue weighted by Gasteiger charge is 1.99. The fourth-order valence-electron chi connectivity index (χ4n) is 1.28. The van der Waals surface area contributed by atoms with E-state index in [2.05, 4.69) is 4.98 Å². The molecule has 2 aromatic rings. The van der Waals surface area contributed by atoms with Gasteiger partial charge in [0.1, 0.15) is 11.8 Å². The van der Waals surface area contributed by atoms with Crippen molar-refractivity contribution in [3.05, 3.63) is 30.2 Å². The predicted octanol–water partition coefficient (Wildman–Crippen LogP) is 1.96. The number of hydrogen-bond acceptors (Lipinski definition) is 3. The molecule has 0 unspecified atom stereocenters. The van der Waals surface area contributed by atoms with Gasteiger partial charge < -0.3 is 9.21 Å². The Kier molecular flexibility index (Phi) is 2.08. The smallest absolute Gasteiger partial charge is 0.181 e. The Morgan fingerprint density at radius 3 is 3.23 bits per heavy atom. The first kappa shape index (κ1) is 7.98. The molecule has 3 heteroatoms. The Hall–Kier alpha value is -1.64. The van der Waals surface area contributed by atoms with E-state index in [0.29, 0.717) is 6.42 Å². The highest BCUT2D eigenvalue weighted by Crippen LogP contribution is 2.14. The van der Waals surface area contributed by atoms with Crippen LogP contribution in [0.3, 0.4) is 0 Å². The van der Waals surface area contributed by atoms with Crippen molar-refractivity contribution in [2.24, 2.45) is 0 Å². The summed E-state index contributed by atoms with van der Waals surface area (Å²) in [6, 6.07) is 5.79. The lowest BCUT2D eigenvalue weighted by Gasteiger charge is -1.95. The van der Waals surface area contributed by atoms with Crippen LogP contribution in [-0.4, -0.2) is 11.3 Å². The summed E-state index contributed by atoms with van der Waals surface area (Å²) in [6.07, 6.45) is 3.67. The van der Waals surface area contributed by atoms with E-state index in [1.54, 1.807) is 0 Å². The van der Waals surface area contributed by atoms with Crippen LogP contribution in [0.4, 0.5) is 0 Å². The molecule has 66 valence electrons. The zero-order chi connectivity index (χ0) is 9.10. The summed E-state index contributed by atoms with van der Waals surface area (Å²) in [4.78, 5) is 14.2. The third kappa shape index (κ3) is 1.59. The Labute approximate surface area is 75.4 Å². The summed E-state index contributed by atoms with van der Waals surface area (Å²) >= 11 is 0. The number of aldehydes is 1. The lowest BCUT2D eigenvalue weighted by atomic mass is 10.1. The number of rotatable bonds is 3. The number of benzene rings is 1. The first-order valence-corrected chi connectivity index (χ1v) is 4.16. The minimum atomic E-state index is 0.555. The van der Waals surface area contributed by atoms with E-state index in [9.17, 15) is 4.79 Å². The molecule has 0 atom stereocenters. The molecular weight excluding hydrogens is 166 g/mol. The molecule has 3 nitrogen and oxygen atoms in total. The second-order valence-corrected chi connectivity index (χ2v) is 2.86. The number of carbonyl (C=O) groups is 1. The Morgan fingerprint density at radius 1 is 1.46 bits per heavy atom. The van der Waals surface area contributed by atoms with Gasteiger partial charge in [0.2, 0.25) is 0 Å². The van der Waals surface area contributed by atoms with Crippen molar-refractivity contribution < 1.29 is 9.21 Å². The van der Waals surface area contributed by atoms with E-state index in [4.69, 9.17) is 4.42 Å². The summed E-state index contributed by atoms with van der Waals surface area (Å²) in [6.45, 7) is 0. The first-order valence-electron chi connectivity index (χ1n) is 4.16. The quantitative estimate of drug-likeness (QED) is 0.669. The molecule has 0 fully saturated rings. The number of oxazole rings is 1. The molecule has 0 spiro atoms. The van der Waals surface area contributed by atoms with Crippen LogP contribution >= 0.6 is 0 Å². The van der Waals surface area contributed by atoms with Crippen LogP contribution in [0.1, 0.15) is 12.0 Å². The highest BCUT2D eigenvalue weighted by molar-refractivity contribution is 5.72. The van der Waals surface area contributed by atoms with Gasteiger partial charge in [0.05, 0.1) is 0 Å². The molecule has 0 saturated heterocycles. The van der Waals surface area contributed by atoms with Gasteiger partial charge in [-0.15, -0.1) is 0 Å². The van der Waals surface area contributed by atoms with Gasteiger partial charge in [-0.1, -0.05) is 6.07 Å². The van der Waals surface area contributed by atoms with Crippen molar-refractivity contribution in [3.63, 3.8) is 0 Å². The Bertz CT molecular complexity index is 420. The lowest BCUT2D eigenvalue weighted by Crippen LogP contribution is -1.85. The molecule has 0 amide bonds. The minimum Gasteiger partial charge on any atom is -0.443 e. The summed E-state index contributed by atoms with van der Waals surface area (Å²) in [5.74, 6) is 0. The number of fused-ring (bicyclic) bond motifs is 1. The fourth-order valence-corrected chi connectivity index (χ4v) is 1.28. The van der Waals surface area contributed by atoms with Crippen molar-refractivity contribution in [2.75, 3.05) is 0 Å². The molecule has 0 bridgehead atoms. The van der Waals surface area contributed by atoms with Gasteiger partial charge in [-0.3, -0.25) is 0 Å². The van der Waals surface area contributed by atoms with Gasteiger partial charge >= 0.3 is 0 Å². The number of aryl methyl sites for hydroxylation is 1. The van der Waals surface area contributed by atoms with Crippen LogP contribution in [-0.2, 0) is 11.2 Å². The van der Waals surface area contributed by atoms with Gasteiger partial charge in [0.15, 0.2) is 12.0 Å². The molecule has 0 aliphatic rings. The van der Waals surface area contributed by atoms with Crippen LogP contribution in [0.2, 0.25) is 0 Å². The fraction of sp³-hybridized carbons (Fsp3) is 0.200. The SMILES string of the molecule is O=CCCc1ccc2ncoc2c1. The number of hydrogen-bond donors (Lipinski definition) is 0. The van der Waals surface area contributed by atoms with E-state index in [0.717, 1.165) is 29.4 Å². The van der Waals surface area contributed by atoms with Gasteiger partial charge in [-0.25, -0.2) is 4.98 Å². The molecule has 0 N–H and O–H groups in total. The second-order valence-electron chi connectivity index (χ2n) is 2.86. The molecule has 2 rings (SSSR count). The zero-order valence-electron chi connectivity index (χ0n) is 7.06. The Balaban J connectivity index is 2.31. The van der Waals surface area contributed by atoms with E-state index in [1.165, 1.54) is 6.39 Å². The first-order chi connectivity index (χ1) is 6.40.